The van der Waals surface area contributed by atoms with Gasteiger partial charge in [-0.2, -0.15) is 0 Å². The first-order chi connectivity index (χ1) is 8.76. The SMILES string of the molecule is CCOC(C)(C)c1nccn1COCC[Si](C)(C)C. The van der Waals surface area contributed by atoms with Gasteiger partial charge in [-0.05, 0) is 26.8 Å². The van der Waals surface area contributed by atoms with Crippen molar-refractivity contribution in [3.63, 3.8) is 0 Å². The lowest BCUT2D eigenvalue weighted by Crippen LogP contribution is -2.27. The Bertz CT molecular complexity index is 383. The number of rotatable bonds is 8. The largest absolute Gasteiger partial charge is 0.368 e. The Labute approximate surface area is 118 Å². The van der Waals surface area contributed by atoms with E-state index in [1.54, 1.807) is 6.20 Å². The predicted molar refractivity (Wildman–Crippen MR) is 81.0 cm³/mol. The van der Waals surface area contributed by atoms with E-state index in [9.17, 15) is 0 Å². The number of aromatic nitrogens is 2. The van der Waals surface area contributed by atoms with Crippen molar-refractivity contribution in [2.24, 2.45) is 0 Å². The van der Waals surface area contributed by atoms with Crippen LogP contribution in [0.5, 0.6) is 0 Å². The van der Waals surface area contributed by atoms with Gasteiger partial charge in [-0.1, -0.05) is 19.6 Å². The topological polar surface area (TPSA) is 36.3 Å². The van der Waals surface area contributed by atoms with Gasteiger partial charge in [-0.3, -0.25) is 0 Å². The average molecular weight is 284 g/mol. The molecule has 0 spiro atoms. The monoisotopic (exact) mass is 284 g/mol. The number of ether oxygens (including phenoxy) is 2. The molecule has 110 valence electrons. The summed E-state index contributed by atoms with van der Waals surface area (Å²) in [5, 5.41) is 0. The van der Waals surface area contributed by atoms with Crippen LogP contribution in [0.4, 0.5) is 0 Å². The molecule has 0 atom stereocenters. The third-order valence-corrected chi connectivity index (χ3v) is 4.69. The predicted octanol–water partition coefficient (Wildman–Crippen LogP) is 3.47. The van der Waals surface area contributed by atoms with Gasteiger partial charge < -0.3 is 14.0 Å². The third kappa shape index (κ3) is 5.46. The highest BCUT2D eigenvalue weighted by Crippen LogP contribution is 2.23. The van der Waals surface area contributed by atoms with Crippen LogP contribution in [0.25, 0.3) is 0 Å². The minimum Gasteiger partial charge on any atom is -0.368 e. The first-order valence-corrected chi connectivity index (χ1v) is 10.7. The molecule has 19 heavy (non-hydrogen) atoms. The molecular formula is C14H28N2O2Si. The van der Waals surface area contributed by atoms with Crippen LogP contribution in [0, 0.1) is 0 Å². The molecule has 1 heterocycles. The molecule has 1 rings (SSSR count). The van der Waals surface area contributed by atoms with Crippen LogP contribution in [0.2, 0.25) is 25.7 Å². The molecule has 1 aromatic heterocycles. The van der Waals surface area contributed by atoms with Crippen LogP contribution >= 0.6 is 0 Å². The van der Waals surface area contributed by atoms with Crippen molar-refractivity contribution in [2.45, 2.75) is 58.8 Å². The molecule has 0 saturated heterocycles. The van der Waals surface area contributed by atoms with Gasteiger partial charge in [0.1, 0.15) is 18.2 Å². The molecule has 1 aromatic rings. The maximum atomic E-state index is 5.77. The van der Waals surface area contributed by atoms with E-state index in [2.05, 4.69) is 24.6 Å². The second kappa shape index (κ2) is 6.68. The fraction of sp³-hybridized carbons (Fsp3) is 0.786. The molecule has 0 N–H and O–H groups in total. The van der Waals surface area contributed by atoms with E-state index in [1.807, 2.05) is 31.5 Å². The van der Waals surface area contributed by atoms with Crippen LogP contribution in [0.15, 0.2) is 12.4 Å². The summed E-state index contributed by atoms with van der Waals surface area (Å²) >= 11 is 0. The van der Waals surface area contributed by atoms with Crippen molar-refractivity contribution in [2.75, 3.05) is 13.2 Å². The summed E-state index contributed by atoms with van der Waals surface area (Å²) in [5.74, 6) is 0.919. The molecule has 0 aliphatic rings. The number of hydrogen-bond donors (Lipinski definition) is 0. The zero-order chi connectivity index (χ0) is 14.5. The highest BCUT2D eigenvalue weighted by molar-refractivity contribution is 6.76. The van der Waals surface area contributed by atoms with Crippen LogP contribution < -0.4 is 0 Å². The van der Waals surface area contributed by atoms with Crippen LogP contribution in [-0.2, 0) is 21.8 Å². The molecule has 5 heteroatoms. The van der Waals surface area contributed by atoms with E-state index >= 15 is 0 Å². The molecule has 0 aromatic carbocycles. The minimum absolute atomic E-state index is 0.375. The van der Waals surface area contributed by atoms with Crippen molar-refractivity contribution in [1.82, 2.24) is 9.55 Å². The number of imidazole rings is 1. The Morgan fingerprint density at radius 3 is 2.58 bits per heavy atom. The van der Waals surface area contributed by atoms with Gasteiger partial charge >= 0.3 is 0 Å². The van der Waals surface area contributed by atoms with E-state index in [0.717, 1.165) is 12.4 Å². The Balaban J connectivity index is 2.54. The van der Waals surface area contributed by atoms with Gasteiger partial charge in [0.25, 0.3) is 0 Å². The smallest absolute Gasteiger partial charge is 0.142 e. The van der Waals surface area contributed by atoms with E-state index in [0.29, 0.717) is 13.3 Å². The molecule has 0 aliphatic carbocycles. The Morgan fingerprint density at radius 1 is 1.32 bits per heavy atom. The van der Waals surface area contributed by atoms with Crippen molar-refractivity contribution in [3.05, 3.63) is 18.2 Å². The maximum absolute atomic E-state index is 5.77. The molecule has 0 bridgehead atoms. The van der Waals surface area contributed by atoms with Gasteiger partial charge in [0.15, 0.2) is 0 Å². The van der Waals surface area contributed by atoms with E-state index in [1.165, 1.54) is 6.04 Å². The molecule has 0 unspecified atom stereocenters. The summed E-state index contributed by atoms with van der Waals surface area (Å²) in [7, 11) is -1.02. The number of hydrogen-bond acceptors (Lipinski definition) is 3. The van der Waals surface area contributed by atoms with E-state index < -0.39 is 8.07 Å². The second-order valence-corrected chi connectivity index (χ2v) is 12.1. The zero-order valence-corrected chi connectivity index (χ0v) is 14.2. The van der Waals surface area contributed by atoms with Crippen molar-refractivity contribution in [3.8, 4) is 0 Å². The van der Waals surface area contributed by atoms with Gasteiger partial charge in [-0.25, -0.2) is 4.98 Å². The Kier molecular flexibility index (Phi) is 5.76. The number of nitrogens with zero attached hydrogens (tertiary/aromatic N) is 2. The van der Waals surface area contributed by atoms with Crippen molar-refractivity contribution < 1.29 is 9.47 Å². The minimum atomic E-state index is -1.02. The molecule has 0 radical (unpaired) electrons. The van der Waals surface area contributed by atoms with Gasteiger partial charge in [0, 0.05) is 33.7 Å². The summed E-state index contributed by atoms with van der Waals surface area (Å²) in [6.07, 6.45) is 3.75. The van der Waals surface area contributed by atoms with Crippen LogP contribution in [0.1, 0.15) is 26.6 Å². The molecular weight excluding hydrogens is 256 g/mol. The van der Waals surface area contributed by atoms with Gasteiger partial charge in [0.2, 0.25) is 0 Å². The molecule has 0 aliphatic heterocycles. The fourth-order valence-corrected chi connectivity index (χ4v) is 2.66. The zero-order valence-electron chi connectivity index (χ0n) is 13.2. The third-order valence-electron chi connectivity index (χ3n) is 2.99. The molecule has 0 fully saturated rings. The Hall–Kier alpha value is -0.653. The maximum Gasteiger partial charge on any atom is 0.142 e. The lowest BCUT2D eigenvalue weighted by molar-refractivity contribution is -0.0289. The first kappa shape index (κ1) is 16.4. The molecule has 4 nitrogen and oxygen atoms in total. The lowest BCUT2D eigenvalue weighted by atomic mass is 10.1. The second-order valence-electron chi connectivity index (χ2n) is 6.51. The van der Waals surface area contributed by atoms with E-state index in [4.69, 9.17) is 9.47 Å². The summed E-state index contributed by atoms with van der Waals surface area (Å²) in [5.41, 5.74) is -0.375. The molecule has 0 amide bonds. The highest BCUT2D eigenvalue weighted by Gasteiger charge is 2.26. The quantitative estimate of drug-likeness (QED) is 0.542. The lowest BCUT2D eigenvalue weighted by Gasteiger charge is -2.25. The normalized spacial score (nSPS) is 12.9. The summed E-state index contributed by atoms with van der Waals surface area (Å²) in [6, 6.07) is 1.19. The summed E-state index contributed by atoms with van der Waals surface area (Å²) in [6.45, 7) is 15.2. The van der Waals surface area contributed by atoms with Gasteiger partial charge in [-0.15, -0.1) is 0 Å². The summed E-state index contributed by atoms with van der Waals surface area (Å²) in [4.78, 5) is 4.40. The van der Waals surface area contributed by atoms with Gasteiger partial charge in [0.05, 0.1) is 0 Å². The molecule has 0 saturated carbocycles. The summed E-state index contributed by atoms with van der Waals surface area (Å²) < 4.78 is 13.5. The van der Waals surface area contributed by atoms with Crippen LogP contribution in [0.3, 0.4) is 0 Å². The average Bonchev–Trinajstić information content (AvgIpc) is 2.72. The van der Waals surface area contributed by atoms with Crippen molar-refractivity contribution in [1.29, 1.82) is 0 Å². The Morgan fingerprint density at radius 2 is 2.00 bits per heavy atom. The first-order valence-electron chi connectivity index (χ1n) is 6.99. The van der Waals surface area contributed by atoms with Crippen molar-refractivity contribution >= 4 is 8.07 Å². The van der Waals surface area contributed by atoms with E-state index in [-0.39, 0.29) is 5.60 Å². The fourth-order valence-electron chi connectivity index (χ4n) is 1.90. The van der Waals surface area contributed by atoms with Crippen LogP contribution in [-0.4, -0.2) is 30.8 Å². The highest BCUT2D eigenvalue weighted by atomic mass is 28.3. The standard InChI is InChI=1S/C14H28N2O2Si/c1-7-18-14(2,3)13-15-8-9-16(13)12-17-10-11-19(4,5)6/h8-9H,7,10-12H2,1-6H3.